The number of oxazole rings is 1. The van der Waals surface area contributed by atoms with Gasteiger partial charge in [-0.25, -0.2) is 4.98 Å². The van der Waals surface area contributed by atoms with E-state index >= 15 is 0 Å². The zero-order valence-corrected chi connectivity index (χ0v) is 15.8. The summed E-state index contributed by atoms with van der Waals surface area (Å²) in [5.41, 5.74) is 3.53. The van der Waals surface area contributed by atoms with Gasteiger partial charge in [0.25, 0.3) is 0 Å². The van der Waals surface area contributed by atoms with Crippen molar-refractivity contribution in [2.45, 2.75) is 25.5 Å². The second kappa shape index (κ2) is 6.93. The maximum Gasteiger partial charge on any atom is 0.226 e. The lowest BCUT2D eigenvalue weighted by molar-refractivity contribution is -0.0101. The Kier molecular flexibility index (Phi) is 4.26. The Labute approximate surface area is 163 Å². The standard InChI is InChI=1S/C23H22N2O3/c1-16-20(25-22(28-16)18-5-3-2-4-6-18)15-23(24-10-12-27-23)14-17-7-8-21-19(13-17)9-11-26-21/h2-9,11,13,24H,10,12,14-15H2,1H3. The third-order valence-electron chi connectivity index (χ3n) is 5.30. The number of aryl methyl sites for hydroxylation is 1. The van der Waals surface area contributed by atoms with E-state index in [2.05, 4.69) is 17.4 Å². The summed E-state index contributed by atoms with van der Waals surface area (Å²) in [5, 5.41) is 4.66. The number of fused-ring (bicyclic) bond motifs is 1. The van der Waals surface area contributed by atoms with Crippen LogP contribution in [0.15, 0.2) is 69.7 Å². The van der Waals surface area contributed by atoms with Gasteiger partial charge in [-0.2, -0.15) is 0 Å². The van der Waals surface area contributed by atoms with Gasteiger partial charge in [-0.3, -0.25) is 5.32 Å². The zero-order chi connectivity index (χ0) is 19.0. The first-order valence-corrected chi connectivity index (χ1v) is 9.58. The highest BCUT2D eigenvalue weighted by atomic mass is 16.5. The number of ether oxygens (including phenoxy) is 1. The topological polar surface area (TPSA) is 60.4 Å². The summed E-state index contributed by atoms with van der Waals surface area (Å²) in [6.45, 7) is 3.49. The predicted octanol–water partition coefficient (Wildman–Crippen LogP) is 4.50. The van der Waals surface area contributed by atoms with Crippen LogP contribution in [0.3, 0.4) is 0 Å². The van der Waals surface area contributed by atoms with E-state index < -0.39 is 5.72 Å². The lowest BCUT2D eigenvalue weighted by Crippen LogP contribution is -2.45. The Morgan fingerprint density at radius 3 is 2.79 bits per heavy atom. The van der Waals surface area contributed by atoms with Crippen molar-refractivity contribution < 1.29 is 13.6 Å². The van der Waals surface area contributed by atoms with Crippen LogP contribution in [0.25, 0.3) is 22.4 Å². The van der Waals surface area contributed by atoms with Crippen molar-refractivity contribution >= 4 is 11.0 Å². The molecule has 1 N–H and O–H groups in total. The second-order valence-corrected chi connectivity index (χ2v) is 7.30. The fourth-order valence-electron chi connectivity index (χ4n) is 3.89. The first-order chi connectivity index (χ1) is 13.7. The summed E-state index contributed by atoms with van der Waals surface area (Å²) >= 11 is 0. The fraction of sp³-hybridized carbons (Fsp3) is 0.261. The van der Waals surface area contributed by atoms with E-state index in [-0.39, 0.29) is 0 Å². The van der Waals surface area contributed by atoms with E-state index in [1.54, 1.807) is 6.26 Å². The molecule has 0 bridgehead atoms. The molecule has 0 aliphatic carbocycles. The van der Waals surface area contributed by atoms with E-state index in [0.29, 0.717) is 18.9 Å². The van der Waals surface area contributed by atoms with Crippen molar-refractivity contribution in [2.75, 3.05) is 13.2 Å². The van der Waals surface area contributed by atoms with Gasteiger partial charge in [0.05, 0.1) is 18.6 Å². The quantitative estimate of drug-likeness (QED) is 0.557. The molecule has 3 heterocycles. The molecule has 1 unspecified atom stereocenters. The van der Waals surface area contributed by atoms with Crippen molar-refractivity contribution in [3.05, 3.63) is 77.9 Å². The molecular formula is C23H22N2O3. The highest BCUT2D eigenvalue weighted by Crippen LogP contribution is 2.29. The molecule has 0 radical (unpaired) electrons. The van der Waals surface area contributed by atoms with Crippen molar-refractivity contribution in [1.29, 1.82) is 0 Å². The van der Waals surface area contributed by atoms with Crippen LogP contribution in [0, 0.1) is 6.92 Å². The monoisotopic (exact) mass is 374 g/mol. The van der Waals surface area contributed by atoms with Crippen LogP contribution >= 0.6 is 0 Å². The first kappa shape index (κ1) is 17.2. The van der Waals surface area contributed by atoms with Gasteiger partial charge < -0.3 is 13.6 Å². The molecule has 1 aliphatic rings. The SMILES string of the molecule is Cc1oc(-c2ccccc2)nc1CC1(Cc2ccc3occc3c2)NCCO1. The molecule has 5 rings (SSSR count). The number of hydrogen-bond donors (Lipinski definition) is 1. The molecule has 28 heavy (non-hydrogen) atoms. The third kappa shape index (κ3) is 3.23. The minimum atomic E-state index is -0.479. The highest BCUT2D eigenvalue weighted by molar-refractivity contribution is 5.77. The Morgan fingerprint density at radius 1 is 1.07 bits per heavy atom. The van der Waals surface area contributed by atoms with Gasteiger partial charge in [0, 0.05) is 30.3 Å². The molecule has 5 nitrogen and oxygen atoms in total. The number of aromatic nitrogens is 1. The normalized spacial score (nSPS) is 19.5. The Bertz CT molecular complexity index is 1090. The summed E-state index contributed by atoms with van der Waals surface area (Å²) in [4.78, 5) is 4.77. The number of nitrogens with one attached hydrogen (secondary N) is 1. The number of nitrogens with zero attached hydrogens (tertiary/aromatic N) is 1. The Morgan fingerprint density at radius 2 is 1.96 bits per heavy atom. The van der Waals surface area contributed by atoms with Crippen molar-refractivity contribution in [2.24, 2.45) is 0 Å². The van der Waals surface area contributed by atoms with E-state index in [1.807, 2.05) is 49.4 Å². The summed E-state index contributed by atoms with van der Waals surface area (Å²) in [6.07, 6.45) is 3.12. The maximum absolute atomic E-state index is 6.20. The second-order valence-electron chi connectivity index (χ2n) is 7.30. The molecule has 1 saturated heterocycles. The van der Waals surface area contributed by atoms with E-state index in [1.165, 1.54) is 5.56 Å². The summed E-state index contributed by atoms with van der Waals surface area (Å²) in [7, 11) is 0. The van der Waals surface area contributed by atoms with Gasteiger partial charge in [-0.15, -0.1) is 0 Å². The lowest BCUT2D eigenvalue weighted by atomic mass is 9.96. The molecule has 0 amide bonds. The predicted molar refractivity (Wildman–Crippen MR) is 107 cm³/mol. The molecule has 1 atom stereocenters. The van der Waals surface area contributed by atoms with Crippen molar-refractivity contribution in [1.82, 2.24) is 10.3 Å². The van der Waals surface area contributed by atoms with Crippen LogP contribution in [0.2, 0.25) is 0 Å². The smallest absolute Gasteiger partial charge is 0.226 e. The van der Waals surface area contributed by atoms with Gasteiger partial charge in [0.2, 0.25) is 5.89 Å². The van der Waals surface area contributed by atoms with Gasteiger partial charge in [0.1, 0.15) is 17.1 Å². The molecule has 0 saturated carbocycles. The van der Waals surface area contributed by atoms with Crippen LogP contribution in [-0.2, 0) is 17.6 Å². The minimum Gasteiger partial charge on any atom is -0.464 e. The van der Waals surface area contributed by atoms with Gasteiger partial charge >= 0.3 is 0 Å². The van der Waals surface area contributed by atoms with Crippen LogP contribution in [0.5, 0.6) is 0 Å². The lowest BCUT2D eigenvalue weighted by Gasteiger charge is -2.28. The Hall–Kier alpha value is -2.89. The van der Waals surface area contributed by atoms with E-state index in [4.69, 9.17) is 18.6 Å². The minimum absolute atomic E-state index is 0.479. The van der Waals surface area contributed by atoms with Crippen molar-refractivity contribution in [3.63, 3.8) is 0 Å². The molecule has 2 aromatic carbocycles. The first-order valence-electron chi connectivity index (χ1n) is 9.58. The van der Waals surface area contributed by atoms with Crippen molar-refractivity contribution in [3.8, 4) is 11.5 Å². The third-order valence-corrected chi connectivity index (χ3v) is 5.30. The zero-order valence-electron chi connectivity index (χ0n) is 15.8. The fourth-order valence-corrected chi connectivity index (χ4v) is 3.89. The molecule has 4 aromatic rings. The van der Waals surface area contributed by atoms with E-state index in [9.17, 15) is 0 Å². The summed E-state index contributed by atoms with van der Waals surface area (Å²) in [5.74, 6) is 1.49. The number of rotatable bonds is 5. The summed E-state index contributed by atoms with van der Waals surface area (Å²) in [6, 6.07) is 18.3. The maximum atomic E-state index is 6.20. The molecule has 0 spiro atoms. The highest BCUT2D eigenvalue weighted by Gasteiger charge is 2.37. The largest absolute Gasteiger partial charge is 0.464 e. The molecule has 5 heteroatoms. The average molecular weight is 374 g/mol. The molecular weight excluding hydrogens is 352 g/mol. The van der Waals surface area contributed by atoms with Crippen LogP contribution in [-0.4, -0.2) is 23.9 Å². The van der Waals surface area contributed by atoms with Crippen LogP contribution in [0.4, 0.5) is 0 Å². The van der Waals surface area contributed by atoms with Gasteiger partial charge in [0.15, 0.2) is 0 Å². The number of furan rings is 1. The van der Waals surface area contributed by atoms with Gasteiger partial charge in [-0.1, -0.05) is 24.3 Å². The van der Waals surface area contributed by atoms with Gasteiger partial charge in [-0.05, 0) is 42.8 Å². The molecule has 1 aliphatic heterocycles. The van der Waals surface area contributed by atoms with Crippen LogP contribution in [0.1, 0.15) is 17.0 Å². The van der Waals surface area contributed by atoms with Crippen LogP contribution < -0.4 is 5.32 Å². The molecule has 1 fully saturated rings. The number of benzene rings is 2. The van der Waals surface area contributed by atoms with E-state index in [0.717, 1.165) is 41.0 Å². The average Bonchev–Trinajstić information content (AvgIpc) is 3.44. The molecule has 142 valence electrons. The number of hydrogen-bond acceptors (Lipinski definition) is 5. The summed E-state index contributed by atoms with van der Waals surface area (Å²) < 4.78 is 17.6. The molecule has 2 aromatic heterocycles. The Balaban J connectivity index is 1.43.